The van der Waals surface area contributed by atoms with Crippen LogP contribution < -0.4 is 10.6 Å². The number of ether oxygens (including phenoxy) is 2. The standard InChI is InChI=1S/C9H20N2O3/c1-10-4-3-9(12)11-5-6-14-8-7-13-2/h10H,3-8H2,1-2H3,(H,11,12). The van der Waals surface area contributed by atoms with Gasteiger partial charge in [0, 0.05) is 26.6 Å². The molecular formula is C9H20N2O3. The van der Waals surface area contributed by atoms with Gasteiger partial charge in [-0.15, -0.1) is 0 Å². The summed E-state index contributed by atoms with van der Waals surface area (Å²) >= 11 is 0. The average Bonchev–Trinajstić information content (AvgIpc) is 2.20. The molecule has 0 spiro atoms. The van der Waals surface area contributed by atoms with E-state index in [0.717, 1.165) is 0 Å². The lowest BCUT2D eigenvalue weighted by molar-refractivity contribution is -0.121. The molecule has 1 amide bonds. The van der Waals surface area contributed by atoms with Crippen LogP contribution in [0.4, 0.5) is 0 Å². The van der Waals surface area contributed by atoms with Gasteiger partial charge in [0.2, 0.25) is 5.91 Å². The number of carbonyl (C=O) groups excluding carboxylic acids is 1. The van der Waals surface area contributed by atoms with Gasteiger partial charge in [-0.25, -0.2) is 0 Å². The number of rotatable bonds is 9. The Morgan fingerprint density at radius 3 is 2.64 bits per heavy atom. The Kier molecular flexibility index (Phi) is 9.95. The normalized spacial score (nSPS) is 10.1. The van der Waals surface area contributed by atoms with Crippen LogP contribution in [-0.2, 0) is 14.3 Å². The van der Waals surface area contributed by atoms with E-state index in [4.69, 9.17) is 9.47 Å². The number of hydrogen-bond donors (Lipinski definition) is 2. The minimum atomic E-state index is 0.0506. The van der Waals surface area contributed by atoms with Gasteiger partial charge >= 0.3 is 0 Å². The van der Waals surface area contributed by atoms with Crippen LogP contribution in [0.1, 0.15) is 6.42 Å². The highest BCUT2D eigenvalue weighted by molar-refractivity contribution is 5.75. The number of carbonyl (C=O) groups is 1. The summed E-state index contributed by atoms with van der Waals surface area (Å²) in [6, 6.07) is 0. The molecule has 0 saturated heterocycles. The number of amides is 1. The quantitative estimate of drug-likeness (QED) is 0.491. The minimum Gasteiger partial charge on any atom is -0.382 e. The molecule has 0 saturated carbocycles. The van der Waals surface area contributed by atoms with E-state index in [-0.39, 0.29) is 5.91 Å². The van der Waals surface area contributed by atoms with E-state index >= 15 is 0 Å². The van der Waals surface area contributed by atoms with Crippen molar-refractivity contribution >= 4 is 5.91 Å². The van der Waals surface area contributed by atoms with Crippen molar-refractivity contribution in [3.63, 3.8) is 0 Å². The molecule has 84 valence electrons. The van der Waals surface area contributed by atoms with Crippen LogP contribution in [0.25, 0.3) is 0 Å². The van der Waals surface area contributed by atoms with Crippen molar-refractivity contribution in [3.8, 4) is 0 Å². The summed E-state index contributed by atoms with van der Waals surface area (Å²) in [5.74, 6) is 0.0506. The van der Waals surface area contributed by atoms with E-state index in [0.29, 0.717) is 39.3 Å². The fourth-order valence-electron chi connectivity index (χ4n) is 0.834. The zero-order valence-corrected chi connectivity index (χ0v) is 8.97. The van der Waals surface area contributed by atoms with Crippen molar-refractivity contribution in [3.05, 3.63) is 0 Å². The summed E-state index contributed by atoms with van der Waals surface area (Å²) in [4.78, 5) is 11.1. The Morgan fingerprint density at radius 2 is 2.00 bits per heavy atom. The highest BCUT2D eigenvalue weighted by Crippen LogP contribution is 1.78. The van der Waals surface area contributed by atoms with Gasteiger partial charge in [0.1, 0.15) is 0 Å². The summed E-state index contributed by atoms with van der Waals surface area (Å²) in [5.41, 5.74) is 0. The Hall–Kier alpha value is -0.650. The summed E-state index contributed by atoms with van der Waals surface area (Å²) in [5, 5.41) is 5.66. The minimum absolute atomic E-state index is 0.0506. The molecule has 0 bridgehead atoms. The number of hydrogen-bond acceptors (Lipinski definition) is 4. The second-order valence-corrected chi connectivity index (χ2v) is 2.81. The SMILES string of the molecule is CNCCC(=O)NCCOCCOC. The monoisotopic (exact) mass is 204 g/mol. The molecule has 2 N–H and O–H groups in total. The van der Waals surface area contributed by atoms with E-state index in [1.54, 1.807) is 7.11 Å². The lowest BCUT2D eigenvalue weighted by Crippen LogP contribution is -2.29. The summed E-state index contributed by atoms with van der Waals surface area (Å²) in [6.45, 7) is 2.97. The third-order valence-electron chi connectivity index (χ3n) is 1.60. The third kappa shape index (κ3) is 9.44. The molecule has 0 heterocycles. The first-order valence-electron chi connectivity index (χ1n) is 4.79. The Bertz CT molecular complexity index is 142. The first-order chi connectivity index (χ1) is 6.81. The van der Waals surface area contributed by atoms with Crippen LogP contribution in [0.2, 0.25) is 0 Å². The maximum Gasteiger partial charge on any atom is 0.221 e. The van der Waals surface area contributed by atoms with Crippen LogP contribution >= 0.6 is 0 Å². The molecular weight excluding hydrogens is 184 g/mol. The van der Waals surface area contributed by atoms with Gasteiger partial charge in [-0.2, -0.15) is 0 Å². The van der Waals surface area contributed by atoms with Gasteiger partial charge in [0.05, 0.1) is 19.8 Å². The highest BCUT2D eigenvalue weighted by Gasteiger charge is 1.98. The summed E-state index contributed by atoms with van der Waals surface area (Å²) < 4.78 is 9.98. The van der Waals surface area contributed by atoms with Crippen molar-refractivity contribution in [2.75, 3.05) is 47.1 Å². The molecule has 0 aliphatic heterocycles. The molecule has 0 fully saturated rings. The fourth-order valence-corrected chi connectivity index (χ4v) is 0.834. The van der Waals surface area contributed by atoms with Crippen LogP contribution in [0, 0.1) is 0 Å². The summed E-state index contributed by atoms with van der Waals surface area (Å²) in [7, 11) is 3.45. The molecule has 0 atom stereocenters. The number of methoxy groups -OCH3 is 1. The number of nitrogens with one attached hydrogen (secondary N) is 2. The Balaban J connectivity index is 3.07. The lowest BCUT2D eigenvalue weighted by atomic mass is 10.4. The van der Waals surface area contributed by atoms with Crippen LogP contribution in [0.3, 0.4) is 0 Å². The highest BCUT2D eigenvalue weighted by atomic mass is 16.5. The molecule has 0 aromatic rings. The Morgan fingerprint density at radius 1 is 1.21 bits per heavy atom. The fraction of sp³-hybridized carbons (Fsp3) is 0.889. The second kappa shape index (κ2) is 10.4. The van der Waals surface area contributed by atoms with Gasteiger partial charge < -0.3 is 20.1 Å². The smallest absolute Gasteiger partial charge is 0.221 e. The topological polar surface area (TPSA) is 59.6 Å². The van der Waals surface area contributed by atoms with Gasteiger partial charge in [-0.1, -0.05) is 0 Å². The predicted octanol–water partition coefficient (Wildman–Crippen LogP) is -0.625. The first kappa shape index (κ1) is 13.4. The van der Waals surface area contributed by atoms with Crippen molar-refractivity contribution in [2.24, 2.45) is 0 Å². The Labute approximate surface area is 85.1 Å². The molecule has 0 unspecified atom stereocenters. The molecule has 5 heteroatoms. The second-order valence-electron chi connectivity index (χ2n) is 2.81. The van der Waals surface area contributed by atoms with E-state index in [9.17, 15) is 4.79 Å². The zero-order chi connectivity index (χ0) is 10.6. The van der Waals surface area contributed by atoms with Gasteiger partial charge in [-0.3, -0.25) is 4.79 Å². The molecule has 0 aliphatic carbocycles. The maximum absolute atomic E-state index is 11.1. The molecule has 5 nitrogen and oxygen atoms in total. The van der Waals surface area contributed by atoms with E-state index in [1.807, 2.05) is 7.05 Å². The van der Waals surface area contributed by atoms with E-state index in [1.165, 1.54) is 0 Å². The molecule has 0 aromatic carbocycles. The van der Waals surface area contributed by atoms with Crippen LogP contribution in [-0.4, -0.2) is 53.0 Å². The van der Waals surface area contributed by atoms with Crippen molar-refractivity contribution in [1.29, 1.82) is 0 Å². The zero-order valence-electron chi connectivity index (χ0n) is 8.97. The maximum atomic E-state index is 11.1. The molecule has 0 rings (SSSR count). The summed E-state index contributed by atoms with van der Waals surface area (Å²) in [6.07, 6.45) is 0.509. The van der Waals surface area contributed by atoms with E-state index in [2.05, 4.69) is 10.6 Å². The largest absolute Gasteiger partial charge is 0.382 e. The lowest BCUT2D eigenvalue weighted by Gasteiger charge is -2.05. The molecule has 14 heavy (non-hydrogen) atoms. The van der Waals surface area contributed by atoms with Crippen molar-refractivity contribution in [1.82, 2.24) is 10.6 Å². The van der Waals surface area contributed by atoms with E-state index < -0.39 is 0 Å². The first-order valence-corrected chi connectivity index (χ1v) is 4.79. The van der Waals surface area contributed by atoms with Crippen molar-refractivity contribution in [2.45, 2.75) is 6.42 Å². The third-order valence-corrected chi connectivity index (χ3v) is 1.60. The predicted molar refractivity (Wildman–Crippen MR) is 54.2 cm³/mol. The average molecular weight is 204 g/mol. The molecule has 0 aliphatic rings. The van der Waals surface area contributed by atoms with Crippen LogP contribution in [0.15, 0.2) is 0 Å². The van der Waals surface area contributed by atoms with Gasteiger partial charge in [0.25, 0.3) is 0 Å². The van der Waals surface area contributed by atoms with Crippen molar-refractivity contribution < 1.29 is 14.3 Å². The van der Waals surface area contributed by atoms with Gasteiger partial charge in [-0.05, 0) is 7.05 Å². The molecule has 0 radical (unpaired) electrons. The van der Waals surface area contributed by atoms with Crippen LogP contribution in [0.5, 0.6) is 0 Å². The molecule has 0 aromatic heterocycles. The van der Waals surface area contributed by atoms with Gasteiger partial charge in [0.15, 0.2) is 0 Å².